The van der Waals surface area contributed by atoms with Crippen molar-refractivity contribution in [2.45, 2.75) is 13.0 Å². The monoisotopic (exact) mass is 224 g/mol. The summed E-state index contributed by atoms with van der Waals surface area (Å²) >= 11 is 0. The van der Waals surface area contributed by atoms with Gasteiger partial charge in [-0.1, -0.05) is 42.5 Å². The van der Waals surface area contributed by atoms with Gasteiger partial charge < -0.3 is 4.74 Å². The van der Waals surface area contributed by atoms with Crippen LogP contribution in [-0.4, -0.2) is 6.47 Å². The van der Waals surface area contributed by atoms with E-state index in [1.807, 2.05) is 12.1 Å². The predicted octanol–water partition coefficient (Wildman–Crippen LogP) is 2.93. The Kier molecular flexibility index (Phi) is 2.41. The summed E-state index contributed by atoms with van der Waals surface area (Å²) in [6, 6.07) is 14.6. The van der Waals surface area contributed by atoms with Crippen LogP contribution in [0.4, 0.5) is 0 Å². The van der Waals surface area contributed by atoms with E-state index < -0.39 is 0 Å². The van der Waals surface area contributed by atoms with Gasteiger partial charge in [-0.05, 0) is 34.2 Å². The number of hydrogen-bond acceptors (Lipinski definition) is 2. The molecular weight excluding hydrogens is 212 g/mol. The number of rotatable bonds is 3. The van der Waals surface area contributed by atoms with E-state index in [4.69, 9.17) is 4.74 Å². The minimum absolute atomic E-state index is 0.362. The molecule has 1 aliphatic carbocycles. The topological polar surface area (TPSA) is 26.3 Å². The minimum atomic E-state index is 0.362. The normalized spacial score (nSPS) is 11.8. The van der Waals surface area contributed by atoms with E-state index in [1.165, 1.54) is 22.3 Å². The quantitative estimate of drug-likeness (QED) is 0.639. The zero-order chi connectivity index (χ0) is 11.7. The molecule has 0 radical (unpaired) electrons. The Hall–Kier alpha value is -2.09. The minimum Gasteiger partial charge on any atom is -0.463 e. The largest absolute Gasteiger partial charge is 0.463 e. The van der Waals surface area contributed by atoms with Gasteiger partial charge in [0.2, 0.25) is 0 Å². The Bertz CT molecular complexity index is 573. The molecule has 2 heteroatoms. The van der Waals surface area contributed by atoms with Crippen LogP contribution in [0.1, 0.15) is 16.7 Å². The molecule has 0 aromatic heterocycles. The van der Waals surface area contributed by atoms with E-state index in [1.54, 1.807) is 0 Å². The molecule has 0 saturated carbocycles. The first kappa shape index (κ1) is 10.1. The number of ether oxygens (including phenoxy) is 1. The van der Waals surface area contributed by atoms with Crippen LogP contribution >= 0.6 is 0 Å². The second-order valence-corrected chi connectivity index (χ2v) is 4.18. The fourth-order valence-corrected chi connectivity index (χ4v) is 2.48. The molecule has 0 spiro atoms. The standard InChI is InChI=1S/C15H12O2/c16-10-17-9-12-5-3-7-14-13-6-2-1-4-11(13)8-15(12)14/h1-7,10H,8-9H2. The van der Waals surface area contributed by atoms with Gasteiger partial charge in [-0.3, -0.25) is 4.79 Å². The maximum absolute atomic E-state index is 10.3. The van der Waals surface area contributed by atoms with Crippen LogP contribution in [0.15, 0.2) is 42.5 Å². The maximum Gasteiger partial charge on any atom is 0.293 e. The summed E-state index contributed by atoms with van der Waals surface area (Å²) in [6.45, 7) is 0.863. The predicted molar refractivity (Wildman–Crippen MR) is 65.5 cm³/mol. The van der Waals surface area contributed by atoms with Gasteiger partial charge >= 0.3 is 0 Å². The molecule has 2 nitrogen and oxygen atoms in total. The average Bonchev–Trinajstić information content (AvgIpc) is 2.75. The highest BCUT2D eigenvalue weighted by Crippen LogP contribution is 2.38. The molecule has 0 unspecified atom stereocenters. The first-order chi connectivity index (χ1) is 8.40. The van der Waals surface area contributed by atoms with Crippen molar-refractivity contribution in [3.63, 3.8) is 0 Å². The van der Waals surface area contributed by atoms with Crippen LogP contribution in [0.5, 0.6) is 0 Å². The van der Waals surface area contributed by atoms with Crippen LogP contribution in [0, 0.1) is 0 Å². The highest BCUT2D eigenvalue weighted by molar-refractivity contribution is 5.77. The highest BCUT2D eigenvalue weighted by Gasteiger charge is 2.20. The van der Waals surface area contributed by atoms with Gasteiger partial charge in [0.25, 0.3) is 6.47 Å². The van der Waals surface area contributed by atoms with Gasteiger partial charge in [0.05, 0.1) is 0 Å². The summed E-state index contributed by atoms with van der Waals surface area (Å²) in [5.74, 6) is 0. The second-order valence-electron chi connectivity index (χ2n) is 4.18. The van der Waals surface area contributed by atoms with Gasteiger partial charge in [0.15, 0.2) is 0 Å². The van der Waals surface area contributed by atoms with Crippen molar-refractivity contribution in [3.05, 3.63) is 59.2 Å². The second kappa shape index (κ2) is 4.06. The molecule has 0 amide bonds. The number of fused-ring (bicyclic) bond motifs is 3. The summed E-state index contributed by atoms with van der Waals surface area (Å²) < 4.78 is 4.86. The summed E-state index contributed by atoms with van der Waals surface area (Å²) in [5, 5.41) is 0. The fourth-order valence-electron chi connectivity index (χ4n) is 2.48. The van der Waals surface area contributed by atoms with Gasteiger partial charge in [0.1, 0.15) is 6.61 Å². The van der Waals surface area contributed by atoms with E-state index in [-0.39, 0.29) is 0 Å². The van der Waals surface area contributed by atoms with Gasteiger partial charge in [-0.25, -0.2) is 0 Å². The van der Waals surface area contributed by atoms with Gasteiger partial charge in [-0.15, -0.1) is 0 Å². The van der Waals surface area contributed by atoms with Crippen molar-refractivity contribution >= 4 is 6.47 Å². The lowest BCUT2D eigenvalue weighted by Gasteiger charge is -2.06. The van der Waals surface area contributed by atoms with E-state index in [9.17, 15) is 4.79 Å². The smallest absolute Gasteiger partial charge is 0.293 e. The molecule has 0 aliphatic heterocycles. The van der Waals surface area contributed by atoms with Crippen molar-refractivity contribution in [3.8, 4) is 11.1 Å². The Balaban J connectivity index is 2.07. The maximum atomic E-state index is 10.3. The van der Waals surface area contributed by atoms with Crippen molar-refractivity contribution in [2.24, 2.45) is 0 Å². The van der Waals surface area contributed by atoms with E-state index in [0.717, 1.165) is 12.0 Å². The summed E-state index contributed by atoms with van der Waals surface area (Å²) in [7, 11) is 0. The molecule has 0 atom stereocenters. The summed E-state index contributed by atoms with van der Waals surface area (Å²) in [6.07, 6.45) is 0.934. The first-order valence-corrected chi connectivity index (χ1v) is 5.64. The van der Waals surface area contributed by atoms with Crippen LogP contribution < -0.4 is 0 Å². The molecule has 0 fully saturated rings. The Morgan fingerprint density at radius 3 is 2.76 bits per heavy atom. The third kappa shape index (κ3) is 1.62. The molecule has 1 aliphatic rings. The lowest BCUT2D eigenvalue weighted by atomic mass is 10.0. The van der Waals surface area contributed by atoms with Crippen molar-refractivity contribution < 1.29 is 9.53 Å². The number of hydrogen-bond donors (Lipinski definition) is 0. The van der Waals surface area contributed by atoms with Gasteiger partial charge in [0, 0.05) is 0 Å². The lowest BCUT2D eigenvalue weighted by molar-refractivity contribution is -0.129. The Morgan fingerprint density at radius 2 is 1.88 bits per heavy atom. The highest BCUT2D eigenvalue weighted by atomic mass is 16.5. The lowest BCUT2D eigenvalue weighted by Crippen LogP contribution is -1.95. The molecule has 2 aromatic carbocycles. The van der Waals surface area contributed by atoms with E-state index >= 15 is 0 Å². The average molecular weight is 224 g/mol. The third-order valence-corrected chi connectivity index (χ3v) is 3.25. The molecule has 2 aromatic rings. The first-order valence-electron chi connectivity index (χ1n) is 5.64. The summed E-state index contributed by atoms with van der Waals surface area (Å²) in [4.78, 5) is 10.3. The van der Waals surface area contributed by atoms with Crippen molar-refractivity contribution in [1.29, 1.82) is 0 Å². The molecule has 0 heterocycles. The molecule has 0 saturated heterocycles. The van der Waals surface area contributed by atoms with Crippen molar-refractivity contribution in [1.82, 2.24) is 0 Å². The Morgan fingerprint density at radius 1 is 1.06 bits per heavy atom. The summed E-state index contributed by atoms with van der Waals surface area (Å²) in [5.41, 5.74) is 6.31. The van der Waals surface area contributed by atoms with Crippen LogP contribution in [0.25, 0.3) is 11.1 Å². The zero-order valence-electron chi connectivity index (χ0n) is 9.35. The van der Waals surface area contributed by atoms with E-state index in [0.29, 0.717) is 13.1 Å². The zero-order valence-corrected chi connectivity index (χ0v) is 9.35. The van der Waals surface area contributed by atoms with E-state index in [2.05, 4.69) is 30.3 Å². The van der Waals surface area contributed by atoms with Crippen LogP contribution in [-0.2, 0) is 22.6 Å². The number of carbonyl (C=O) groups is 1. The molecule has 0 N–H and O–H groups in total. The SMILES string of the molecule is O=COCc1cccc2c1Cc1ccccc1-2. The molecule has 17 heavy (non-hydrogen) atoms. The number of carbonyl (C=O) groups excluding carboxylic acids is 1. The third-order valence-electron chi connectivity index (χ3n) is 3.25. The molecule has 0 bridgehead atoms. The number of benzene rings is 2. The molecule has 3 rings (SSSR count). The van der Waals surface area contributed by atoms with Crippen LogP contribution in [0.3, 0.4) is 0 Å². The molecular formula is C15H12O2. The van der Waals surface area contributed by atoms with Crippen LogP contribution in [0.2, 0.25) is 0 Å². The fraction of sp³-hybridized carbons (Fsp3) is 0.133. The Labute approximate surface area is 99.9 Å². The van der Waals surface area contributed by atoms with Gasteiger partial charge in [-0.2, -0.15) is 0 Å². The van der Waals surface area contributed by atoms with Crippen molar-refractivity contribution in [2.75, 3.05) is 0 Å². The molecule has 84 valence electrons.